The molecular formula is C11H18N4O. The van der Waals surface area contributed by atoms with E-state index in [1.165, 1.54) is 0 Å². The third kappa shape index (κ3) is 3.20. The third-order valence-electron chi connectivity index (χ3n) is 2.50. The van der Waals surface area contributed by atoms with E-state index in [1.807, 2.05) is 0 Å². The van der Waals surface area contributed by atoms with E-state index in [0.29, 0.717) is 23.8 Å². The molecule has 1 heterocycles. The number of nitrogens with zero attached hydrogens (tertiary/aromatic N) is 1. The SMILES string of the molecule is CCC(C)CNC(=O)c1cccnc1NN. The molecule has 0 spiro atoms. The number of nitrogens with one attached hydrogen (secondary N) is 2. The second-order valence-corrected chi connectivity index (χ2v) is 3.77. The van der Waals surface area contributed by atoms with E-state index in [0.717, 1.165) is 6.42 Å². The van der Waals surface area contributed by atoms with Gasteiger partial charge in [-0.2, -0.15) is 0 Å². The maximum absolute atomic E-state index is 11.8. The van der Waals surface area contributed by atoms with Gasteiger partial charge in [-0.05, 0) is 18.1 Å². The van der Waals surface area contributed by atoms with Gasteiger partial charge in [0.1, 0.15) is 0 Å². The average Bonchev–Trinajstić information content (AvgIpc) is 2.35. The number of hydrogen-bond acceptors (Lipinski definition) is 4. The summed E-state index contributed by atoms with van der Waals surface area (Å²) in [4.78, 5) is 15.8. The van der Waals surface area contributed by atoms with Crippen molar-refractivity contribution in [2.75, 3.05) is 12.0 Å². The van der Waals surface area contributed by atoms with Crippen LogP contribution < -0.4 is 16.6 Å². The summed E-state index contributed by atoms with van der Waals surface area (Å²) < 4.78 is 0. The Labute approximate surface area is 95.4 Å². The van der Waals surface area contributed by atoms with Crippen LogP contribution in [0, 0.1) is 5.92 Å². The first-order chi connectivity index (χ1) is 7.69. The van der Waals surface area contributed by atoms with Crippen LogP contribution in [0.1, 0.15) is 30.6 Å². The van der Waals surface area contributed by atoms with E-state index in [4.69, 9.17) is 5.84 Å². The number of anilines is 1. The Bertz CT molecular complexity index is 354. The zero-order valence-electron chi connectivity index (χ0n) is 9.66. The van der Waals surface area contributed by atoms with Crippen molar-refractivity contribution in [2.45, 2.75) is 20.3 Å². The fourth-order valence-electron chi connectivity index (χ4n) is 1.21. The molecule has 1 aromatic rings. The number of hydrazine groups is 1. The van der Waals surface area contributed by atoms with E-state index in [1.54, 1.807) is 18.3 Å². The monoisotopic (exact) mass is 222 g/mol. The lowest BCUT2D eigenvalue weighted by Crippen LogP contribution is -2.29. The Balaban J connectivity index is 2.65. The van der Waals surface area contributed by atoms with Crippen LogP contribution in [-0.4, -0.2) is 17.4 Å². The maximum Gasteiger partial charge on any atom is 0.255 e. The predicted molar refractivity (Wildman–Crippen MR) is 63.8 cm³/mol. The van der Waals surface area contributed by atoms with Crippen molar-refractivity contribution in [3.05, 3.63) is 23.9 Å². The summed E-state index contributed by atoms with van der Waals surface area (Å²) in [5.74, 6) is 5.99. The number of nitrogens with two attached hydrogens (primary N) is 1. The minimum absolute atomic E-state index is 0.152. The Morgan fingerprint density at radius 1 is 1.62 bits per heavy atom. The quantitative estimate of drug-likeness (QED) is 0.515. The van der Waals surface area contributed by atoms with Gasteiger partial charge in [0.15, 0.2) is 5.82 Å². The number of pyridine rings is 1. The lowest BCUT2D eigenvalue weighted by molar-refractivity contribution is 0.0948. The van der Waals surface area contributed by atoms with Crippen molar-refractivity contribution in [2.24, 2.45) is 11.8 Å². The second-order valence-electron chi connectivity index (χ2n) is 3.77. The van der Waals surface area contributed by atoms with E-state index >= 15 is 0 Å². The van der Waals surface area contributed by atoms with Crippen molar-refractivity contribution in [1.82, 2.24) is 10.3 Å². The summed E-state index contributed by atoms with van der Waals surface area (Å²) in [6, 6.07) is 3.40. The summed E-state index contributed by atoms with van der Waals surface area (Å²) in [5, 5.41) is 2.85. The Morgan fingerprint density at radius 2 is 2.38 bits per heavy atom. The minimum Gasteiger partial charge on any atom is -0.352 e. The third-order valence-corrected chi connectivity index (χ3v) is 2.50. The molecule has 1 amide bonds. The highest BCUT2D eigenvalue weighted by molar-refractivity contribution is 5.98. The number of nitrogen functional groups attached to an aromatic ring is 1. The van der Waals surface area contributed by atoms with Gasteiger partial charge in [-0.15, -0.1) is 0 Å². The van der Waals surface area contributed by atoms with Crippen LogP contribution in [0.3, 0.4) is 0 Å². The molecule has 0 aliphatic carbocycles. The van der Waals surface area contributed by atoms with Crippen molar-refractivity contribution in [3.63, 3.8) is 0 Å². The zero-order chi connectivity index (χ0) is 12.0. The molecule has 0 radical (unpaired) electrons. The molecule has 1 rings (SSSR count). The summed E-state index contributed by atoms with van der Waals surface area (Å²) in [5.41, 5.74) is 2.87. The van der Waals surface area contributed by atoms with E-state index in [9.17, 15) is 4.79 Å². The minimum atomic E-state index is -0.152. The lowest BCUT2D eigenvalue weighted by atomic mass is 10.1. The van der Waals surface area contributed by atoms with Gasteiger partial charge in [0.2, 0.25) is 0 Å². The molecule has 0 aromatic carbocycles. The molecule has 5 heteroatoms. The highest BCUT2D eigenvalue weighted by Crippen LogP contribution is 2.09. The first kappa shape index (κ1) is 12.4. The van der Waals surface area contributed by atoms with Crippen molar-refractivity contribution < 1.29 is 4.79 Å². The van der Waals surface area contributed by atoms with Crippen LogP contribution in [0.15, 0.2) is 18.3 Å². The molecule has 5 nitrogen and oxygen atoms in total. The first-order valence-electron chi connectivity index (χ1n) is 5.38. The fraction of sp³-hybridized carbons (Fsp3) is 0.455. The topological polar surface area (TPSA) is 80.0 Å². The van der Waals surface area contributed by atoms with Gasteiger partial charge < -0.3 is 10.7 Å². The molecule has 4 N–H and O–H groups in total. The molecule has 0 saturated carbocycles. The molecule has 0 aliphatic heterocycles. The van der Waals surface area contributed by atoms with Gasteiger partial charge in [-0.1, -0.05) is 20.3 Å². The molecule has 88 valence electrons. The summed E-state index contributed by atoms with van der Waals surface area (Å²) in [7, 11) is 0. The lowest BCUT2D eigenvalue weighted by Gasteiger charge is -2.11. The van der Waals surface area contributed by atoms with Crippen LogP contribution >= 0.6 is 0 Å². The molecule has 0 saturated heterocycles. The molecular weight excluding hydrogens is 204 g/mol. The van der Waals surface area contributed by atoms with Crippen LogP contribution in [0.2, 0.25) is 0 Å². The summed E-state index contributed by atoms with van der Waals surface area (Å²) in [6.07, 6.45) is 2.62. The summed E-state index contributed by atoms with van der Waals surface area (Å²) >= 11 is 0. The van der Waals surface area contributed by atoms with Gasteiger partial charge in [0.25, 0.3) is 5.91 Å². The zero-order valence-corrected chi connectivity index (χ0v) is 9.66. The second kappa shape index (κ2) is 6.07. The molecule has 0 fully saturated rings. The Hall–Kier alpha value is -1.62. The normalized spacial score (nSPS) is 11.9. The van der Waals surface area contributed by atoms with Crippen LogP contribution in [0.5, 0.6) is 0 Å². The highest BCUT2D eigenvalue weighted by Gasteiger charge is 2.11. The van der Waals surface area contributed by atoms with E-state index in [2.05, 4.69) is 29.6 Å². The Morgan fingerprint density at radius 3 is 3.00 bits per heavy atom. The van der Waals surface area contributed by atoms with E-state index in [-0.39, 0.29) is 5.91 Å². The van der Waals surface area contributed by atoms with Crippen molar-refractivity contribution >= 4 is 11.7 Å². The average molecular weight is 222 g/mol. The Kier molecular flexibility index (Phi) is 4.72. The molecule has 16 heavy (non-hydrogen) atoms. The molecule has 0 bridgehead atoms. The van der Waals surface area contributed by atoms with Crippen LogP contribution in [0.4, 0.5) is 5.82 Å². The molecule has 1 atom stereocenters. The largest absolute Gasteiger partial charge is 0.352 e. The van der Waals surface area contributed by atoms with Gasteiger partial charge in [0, 0.05) is 12.7 Å². The fourth-order valence-corrected chi connectivity index (χ4v) is 1.21. The number of amides is 1. The smallest absolute Gasteiger partial charge is 0.255 e. The van der Waals surface area contributed by atoms with Gasteiger partial charge in [-0.25, -0.2) is 10.8 Å². The standard InChI is InChI=1S/C11H18N4O/c1-3-8(2)7-14-11(16)9-5-4-6-13-10(9)15-12/h4-6,8H,3,7,12H2,1-2H3,(H,13,15)(H,14,16). The predicted octanol–water partition coefficient (Wildman–Crippen LogP) is 1.14. The van der Waals surface area contributed by atoms with Crippen molar-refractivity contribution in [3.8, 4) is 0 Å². The maximum atomic E-state index is 11.8. The number of aromatic nitrogens is 1. The number of hydrogen-bond donors (Lipinski definition) is 3. The molecule has 0 aliphatic rings. The van der Waals surface area contributed by atoms with Crippen LogP contribution in [-0.2, 0) is 0 Å². The first-order valence-corrected chi connectivity index (χ1v) is 5.38. The highest BCUT2D eigenvalue weighted by atomic mass is 16.1. The molecule has 1 aromatic heterocycles. The number of rotatable bonds is 5. The van der Waals surface area contributed by atoms with Gasteiger partial charge >= 0.3 is 0 Å². The van der Waals surface area contributed by atoms with E-state index < -0.39 is 0 Å². The number of carbonyl (C=O) groups excluding carboxylic acids is 1. The van der Waals surface area contributed by atoms with Crippen molar-refractivity contribution in [1.29, 1.82) is 0 Å². The summed E-state index contributed by atoms with van der Waals surface area (Å²) in [6.45, 7) is 4.84. The molecule has 1 unspecified atom stereocenters. The van der Waals surface area contributed by atoms with Gasteiger partial charge in [-0.3, -0.25) is 4.79 Å². The van der Waals surface area contributed by atoms with Crippen LogP contribution in [0.25, 0.3) is 0 Å². The van der Waals surface area contributed by atoms with Gasteiger partial charge in [0.05, 0.1) is 5.56 Å². The number of carbonyl (C=O) groups is 1.